The second-order valence-corrected chi connectivity index (χ2v) is 8.51. The van der Waals surface area contributed by atoms with E-state index in [-0.39, 0.29) is 24.5 Å². The molecule has 2 heterocycles. The number of aliphatic hydroxyl groups excluding tert-OH is 1. The Hall–Kier alpha value is -3.22. The maximum atomic E-state index is 13.5. The Morgan fingerprint density at radius 1 is 1.10 bits per heavy atom. The summed E-state index contributed by atoms with van der Waals surface area (Å²) in [4.78, 5) is 21.7. The fraction of sp³-hybridized carbons (Fsp3) is 0.333. The molecule has 2 aromatic carbocycles. The number of hydrogen-bond acceptors (Lipinski definition) is 3. The zero-order valence-corrected chi connectivity index (χ0v) is 17.1. The Kier molecular flexibility index (Phi) is 4.57. The summed E-state index contributed by atoms with van der Waals surface area (Å²) in [6.45, 7) is 1.75. The number of imidazole rings is 1. The number of benzene rings is 2. The highest BCUT2D eigenvalue weighted by molar-refractivity contribution is 6.09. The number of carbonyl (C=O) groups is 1. The summed E-state index contributed by atoms with van der Waals surface area (Å²) in [5, 5.41) is 10.4. The summed E-state index contributed by atoms with van der Waals surface area (Å²) in [7, 11) is 0. The first-order chi connectivity index (χ1) is 14.8. The van der Waals surface area contributed by atoms with Gasteiger partial charge in [0.05, 0.1) is 23.4 Å². The first kappa shape index (κ1) is 19.7. The summed E-state index contributed by atoms with van der Waals surface area (Å²) in [6.07, 6.45) is 2.40. The first-order valence-corrected chi connectivity index (χ1v) is 10.5. The topological polar surface area (TPSA) is 69.2 Å². The van der Waals surface area contributed by atoms with Gasteiger partial charge in [0, 0.05) is 24.1 Å². The molecule has 1 unspecified atom stereocenters. The van der Waals surface area contributed by atoms with Crippen molar-refractivity contribution in [2.45, 2.75) is 50.5 Å². The monoisotopic (exact) mass is 423 g/mol. The van der Waals surface area contributed by atoms with E-state index in [1.165, 1.54) is 0 Å². The number of fused-ring (bicyclic) bond motifs is 1. The van der Waals surface area contributed by atoms with E-state index >= 15 is 0 Å². The van der Waals surface area contributed by atoms with Crippen LogP contribution in [0.4, 0.5) is 14.5 Å². The van der Waals surface area contributed by atoms with Crippen LogP contribution in [0.25, 0.3) is 11.0 Å². The Labute approximate surface area is 178 Å². The Balaban J connectivity index is 1.46. The van der Waals surface area contributed by atoms with Gasteiger partial charge in [-0.05, 0) is 55.0 Å². The molecule has 5 nitrogen and oxygen atoms in total. The quantitative estimate of drug-likeness (QED) is 0.561. The van der Waals surface area contributed by atoms with Crippen molar-refractivity contribution in [2.75, 3.05) is 4.90 Å². The molecule has 0 spiro atoms. The minimum Gasteiger partial charge on any atom is -0.503 e. The van der Waals surface area contributed by atoms with Crippen LogP contribution in [0.2, 0.25) is 0 Å². The van der Waals surface area contributed by atoms with Gasteiger partial charge in [-0.15, -0.1) is 0 Å². The number of alkyl halides is 2. The van der Waals surface area contributed by atoms with Crippen molar-refractivity contribution < 1.29 is 18.7 Å². The van der Waals surface area contributed by atoms with Gasteiger partial charge in [0.15, 0.2) is 5.76 Å². The number of nitrogens with zero attached hydrogens (tertiary/aromatic N) is 2. The van der Waals surface area contributed by atoms with Crippen molar-refractivity contribution in [3.05, 3.63) is 71.3 Å². The molecule has 0 bridgehead atoms. The van der Waals surface area contributed by atoms with Crippen LogP contribution in [0, 0.1) is 0 Å². The average molecular weight is 423 g/mol. The number of amides is 1. The van der Waals surface area contributed by atoms with Gasteiger partial charge in [0.25, 0.3) is 5.91 Å². The fourth-order valence-electron chi connectivity index (χ4n) is 4.79. The van der Waals surface area contributed by atoms with Crippen LogP contribution in [-0.2, 0) is 4.79 Å². The zero-order valence-electron chi connectivity index (χ0n) is 17.1. The number of H-pyrrole nitrogens is 1. The lowest BCUT2D eigenvalue weighted by Crippen LogP contribution is -2.30. The predicted molar refractivity (Wildman–Crippen MR) is 114 cm³/mol. The highest BCUT2D eigenvalue weighted by Gasteiger charge is 2.40. The molecule has 1 amide bonds. The van der Waals surface area contributed by atoms with Gasteiger partial charge in [-0.1, -0.05) is 24.3 Å². The van der Waals surface area contributed by atoms with Crippen LogP contribution >= 0.6 is 0 Å². The molecule has 2 aliphatic rings. The maximum Gasteiger partial charge on any atom is 0.293 e. The molecule has 1 aliphatic heterocycles. The van der Waals surface area contributed by atoms with E-state index < -0.39 is 17.9 Å². The van der Waals surface area contributed by atoms with Gasteiger partial charge < -0.3 is 10.1 Å². The van der Waals surface area contributed by atoms with Crippen molar-refractivity contribution in [1.82, 2.24) is 9.97 Å². The zero-order chi connectivity index (χ0) is 21.8. The first-order valence-electron chi connectivity index (χ1n) is 10.5. The number of halogens is 2. The summed E-state index contributed by atoms with van der Waals surface area (Å²) >= 11 is 0. The number of aromatic nitrogens is 2. The predicted octanol–water partition coefficient (Wildman–Crippen LogP) is 5.78. The Morgan fingerprint density at radius 3 is 2.48 bits per heavy atom. The third-order valence-corrected chi connectivity index (χ3v) is 6.59. The minimum atomic E-state index is -2.55. The lowest BCUT2D eigenvalue weighted by molar-refractivity contribution is -0.117. The molecule has 0 saturated heterocycles. The van der Waals surface area contributed by atoms with Gasteiger partial charge in [-0.2, -0.15) is 0 Å². The van der Waals surface area contributed by atoms with Crippen molar-refractivity contribution in [3.8, 4) is 0 Å². The lowest BCUT2D eigenvalue weighted by atomic mass is 9.82. The van der Waals surface area contributed by atoms with Gasteiger partial charge >= 0.3 is 0 Å². The van der Waals surface area contributed by atoms with Crippen LogP contribution in [0.15, 0.2) is 60.1 Å². The van der Waals surface area contributed by atoms with Crippen molar-refractivity contribution in [2.24, 2.45) is 0 Å². The third-order valence-electron chi connectivity index (χ3n) is 6.59. The molecule has 160 valence electrons. The molecule has 1 atom stereocenters. The third kappa shape index (κ3) is 3.38. The Bertz CT molecular complexity index is 1170. The fourth-order valence-corrected chi connectivity index (χ4v) is 4.79. The normalized spacial score (nSPS) is 22.0. The summed E-state index contributed by atoms with van der Waals surface area (Å²) in [5.41, 5.74) is 4.75. The molecular weight excluding hydrogens is 400 g/mol. The number of nitrogens with one attached hydrogen (secondary N) is 1. The highest BCUT2D eigenvalue weighted by Crippen LogP contribution is 2.43. The van der Waals surface area contributed by atoms with Crippen molar-refractivity contribution in [1.29, 1.82) is 0 Å². The number of anilines is 1. The standard InChI is InChI=1S/C24H23F2N3O2/c1-14-21(17-4-2-15(3-5-17)16-8-10-24(25,26)11-9-16)29(23(31)22(14)30)18-6-7-19-20(12-18)28-13-27-19/h2-7,12-13,16,21,30H,8-11H2,1H3,(H,27,28). The lowest BCUT2D eigenvalue weighted by Gasteiger charge is -2.29. The molecule has 1 aromatic heterocycles. The molecule has 5 rings (SSSR count). The van der Waals surface area contributed by atoms with E-state index in [2.05, 4.69) is 9.97 Å². The van der Waals surface area contributed by atoms with Crippen LogP contribution in [0.3, 0.4) is 0 Å². The number of aromatic amines is 1. The smallest absolute Gasteiger partial charge is 0.293 e. The van der Waals surface area contributed by atoms with Crippen molar-refractivity contribution >= 4 is 22.6 Å². The van der Waals surface area contributed by atoms with Crippen LogP contribution in [0.1, 0.15) is 55.7 Å². The molecular formula is C24H23F2N3O2. The summed E-state index contributed by atoms with van der Waals surface area (Å²) in [6, 6.07) is 12.9. The minimum absolute atomic E-state index is 0.0733. The average Bonchev–Trinajstić information content (AvgIpc) is 3.32. The molecule has 7 heteroatoms. The summed E-state index contributed by atoms with van der Waals surface area (Å²) < 4.78 is 27.0. The van der Waals surface area contributed by atoms with Crippen LogP contribution in [-0.4, -0.2) is 26.9 Å². The van der Waals surface area contributed by atoms with E-state index in [9.17, 15) is 18.7 Å². The number of aliphatic hydroxyl groups is 1. The SMILES string of the molecule is CC1=C(O)C(=O)N(c2ccc3nc[nH]c3c2)C1c1ccc(C2CCC(F)(F)CC2)cc1. The largest absolute Gasteiger partial charge is 0.503 e. The van der Waals surface area contributed by atoms with Crippen LogP contribution < -0.4 is 4.90 Å². The van der Waals surface area contributed by atoms with E-state index in [1.807, 2.05) is 42.5 Å². The van der Waals surface area contributed by atoms with E-state index in [0.29, 0.717) is 24.1 Å². The van der Waals surface area contributed by atoms with E-state index in [0.717, 1.165) is 22.2 Å². The van der Waals surface area contributed by atoms with Gasteiger partial charge in [0.2, 0.25) is 5.92 Å². The number of carbonyl (C=O) groups excluding carboxylic acids is 1. The van der Waals surface area contributed by atoms with Crippen LogP contribution in [0.5, 0.6) is 0 Å². The molecule has 0 radical (unpaired) electrons. The molecule has 1 fully saturated rings. The van der Waals surface area contributed by atoms with Gasteiger partial charge in [-0.3, -0.25) is 9.69 Å². The molecule has 2 N–H and O–H groups in total. The Morgan fingerprint density at radius 2 is 1.77 bits per heavy atom. The number of hydrogen-bond donors (Lipinski definition) is 2. The molecule has 31 heavy (non-hydrogen) atoms. The van der Waals surface area contributed by atoms with Crippen molar-refractivity contribution in [3.63, 3.8) is 0 Å². The maximum absolute atomic E-state index is 13.5. The molecule has 3 aromatic rings. The molecule has 1 aliphatic carbocycles. The van der Waals surface area contributed by atoms with E-state index in [1.54, 1.807) is 18.2 Å². The second kappa shape index (κ2) is 7.18. The van der Waals surface area contributed by atoms with Gasteiger partial charge in [-0.25, -0.2) is 13.8 Å². The highest BCUT2D eigenvalue weighted by atomic mass is 19.3. The second-order valence-electron chi connectivity index (χ2n) is 8.51. The summed E-state index contributed by atoms with van der Waals surface area (Å²) in [5.74, 6) is -3.10. The van der Waals surface area contributed by atoms with Gasteiger partial charge in [0.1, 0.15) is 0 Å². The van der Waals surface area contributed by atoms with E-state index in [4.69, 9.17) is 0 Å². The molecule has 1 saturated carbocycles. The number of rotatable bonds is 3.